The van der Waals surface area contributed by atoms with E-state index >= 15 is 0 Å². The Hall–Kier alpha value is -3.21. The monoisotopic (exact) mass is 679 g/mol. The molecule has 1 aliphatic carbocycles. The summed E-state index contributed by atoms with van der Waals surface area (Å²) >= 11 is 0. The number of hydrogen-bond donors (Lipinski definition) is 4. The number of rotatable bonds is 14. The molecule has 0 radical (unpaired) electrons. The van der Waals surface area contributed by atoms with Gasteiger partial charge in [0, 0.05) is 32.2 Å². The summed E-state index contributed by atoms with van der Waals surface area (Å²) in [7, 11) is 2.05. The van der Waals surface area contributed by atoms with Crippen molar-refractivity contribution in [1.29, 1.82) is 0 Å². The lowest BCUT2D eigenvalue weighted by Crippen LogP contribution is -2.62. The number of aliphatic hydroxyl groups is 2. The van der Waals surface area contributed by atoms with Gasteiger partial charge in [0.05, 0.1) is 12.1 Å². The van der Waals surface area contributed by atoms with Crippen LogP contribution < -0.4 is 10.6 Å². The second-order valence-corrected chi connectivity index (χ2v) is 15.0. The first-order chi connectivity index (χ1) is 23.4. The molecule has 10 nitrogen and oxygen atoms in total. The molecule has 10 heteroatoms. The van der Waals surface area contributed by atoms with Gasteiger partial charge in [-0.2, -0.15) is 0 Å². The van der Waals surface area contributed by atoms with Gasteiger partial charge in [0.15, 0.2) is 0 Å². The van der Waals surface area contributed by atoms with E-state index in [-0.39, 0.29) is 29.8 Å². The summed E-state index contributed by atoms with van der Waals surface area (Å²) in [4.78, 5) is 48.0. The first kappa shape index (κ1) is 38.6. The number of aliphatic hydroxyl groups excluding tert-OH is 2. The smallest absolute Gasteiger partial charge is 0.321 e. The molecule has 49 heavy (non-hydrogen) atoms. The molecule has 2 fully saturated rings. The number of nitrogens with zero attached hydrogens (tertiary/aromatic N) is 3. The highest BCUT2D eigenvalue weighted by Gasteiger charge is 2.39. The van der Waals surface area contributed by atoms with E-state index in [2.05, 4.69) is 15.5 Å². The van der Waals surface area contributed by atoms with Crippen LogP contribution in [0.3, 0.4) is 0 Å². The van der Waals surface area contributed by atoms with Gasteiger partial charge < -0.3 is 35.5 Å². The summed E-state index contributed by atoms with van der Waals surface area (Å²) in [5.41, 5.74) is 0.920. The maximum Gasteiger partial charge on any atom is 0.321 e. The Morgan fingerprint density at radius 3 is 2.16 bits per heavy atom. The molecule has 0 unspecified atom stereocenters. The predicted molar refractivity (Wildman–Crippen MR) is 195 cm³/mol. The van der Waals surface area contributed by atoms with Crippen LogP contribution in [0, 0.1) is 11.8 Å². The van der Waals surface area contributed by atoms with Crippen molar-refractivity contribution in [2.45, 2.75) is 122 Å². The first-order valence-corrected chi connectivity index (χ1v) is 18.6. The van der Waals surface area contributed by atoms with Crippen LogP contribution >= 0.6 is 0 Å². The Labute approximate surface area is 293 Å². The van der Waals surface area contributed by atoms with Crippen LogP contribution in [0.1, 0.15) is 85.1 Å². The van der Waals surface area contributed by atoms with E-state index in [1.54, 1.807) is 11.8 Å². The van der Waals surface area contributed by atoms with Gasteiger partial charge in [0.25, 0.3) is 0 Å². The molecule has 0 bridgehead atoms. The topological polar surface area (TPSA) is 125 Å². The van der Waals surface area contributed by atoms with E-state index in [1.807, 2.05) is 82.1 Å². The van der Waals surface area contributed by atoms with Crippen LogP contribution in [0.15, 0.2) is 42.5 Å². The fourth-order valence-electron chi connectivity index (χ4n) is 7.30. The quantitative estimate of drug-likeness (QED) is 0.232. The number of amides is 4. The van der Waals surface area contributed by atoms with Crippen molar-refractivity contribution in [3.63, 3.8) is 0 Å². The van der Waals surface area contributed by atoms with Gasteiger partial charge in [-0.05, 0) is 67.8 Å². The number of hydrogen-bond acceptors (Lipinski definition) is 6. The number of fused-ring (bicyclic) bond motifs is 1. The fourth-order valence-corrected chi connectivity index (χ4v) is 7.30. The summed E-state index contributed by atoms with van der Waals surface area (Å²) in [6.45, 7) is 12.5. The van der Waals surface area contributed by atoms with Crippen LogP contribution in [0.5, 0.6) is 0 Å². The summed E-state index contributed by atoms with van der Waals surface area (Å²) in [6.07, 6.45) is 3.96. The zero-order valence-electron chi connectivity index (χ0n) is 30.6. The Bertz CT molecular complexity index is 1370. The highest BCUT2D eigenvalue weighted by molar-refractivity contribution is 5.92. The SMILES string of the molecule is CC[C@H](C)[C@H](NC(=O)[C@H](C)N(C(=O)N1CCN(C)CC1)C1CCCCC1)C(=O)N[C@@H](Cc1ccc2ccccc2c1)[C@@H](O)[C@@H](O)CC(C)C. The van der Waals surface area contributed by atoms with Crippen molar-refractivity contribution in [1.82, 2.24) is 25.3 Å². The molecule has 1 saturated heterocycles. The van der Waals surface area contributed by atoms with E-state index in [4.69, 9.17) is 0 Å². The minimum atomic E-state index is -1.21. The Balaban J connectivity index is 1.55. The predicted octanol–water partition coefficient (Wildman–Crippen LogP) is 4.56. The zero-order chi connectivity index (χ0) is 35.7. The Morgan fingerprint density at radius 2 is 1.53 bits per heavy atom. The second kappa shape index (κ2) is 18.2. The highest BCUT2D eigenvalue weighted by atomic mass is 16.3. The average Bonchev–Trinajstić information content (AvgIpc) is 3.09. The molecule has 0 aromatic heterocycles. The lowest BCUT2D eigenvalue weighted by Gasteiger charge is -2.43. The number of urea groups is 1. The van der Waals surface area contributed by atoms with Crippen LogP contribution in [0.2, 0.25) is 0 Å². The van der Waals surface area contributed by atoms with Crippen molar-refractivity contribution in [3.8, 4) is 0 Å². The first-order valence-electron chi connectivity index (χ1n) is 18.6. The van der Waals surface area contributed by atoms with Crippen molar-refractivity contribution in [2.75, 3.05) is 33.2 Å². The Morgan fingerprint density at radius 1 is 0.878 bits per heavy atom. The van der Waals surface area contributed by atoms with Crippen LogP contribution in [0.25, 0.3) is 10.8 Å². The third-order valence-corrected chi connectivity index (χ3v) is 10.7. The molecular formula is C39H61N5O5. The number of benzene rings is 2. The number of piperazine rings is 1. The fraction of sp³-hybridized carbons (Fsp3) is 0.667. The van der Waals surface area contributed by atoms with Gasteiger partial charge in [-0.15, -0.1) is 0 Å². The van der Waals surface area contributed by atoms with Gasteiger partial charge in [-0.25, -0.2) is 4.79 Å². The van der Waals surface area contributed by atoms with Gasteiger partial charge in [0.1, 0.15) is 18.2 Å². The molecule has 1 heterocycles. The molecule has 2 aliphatic rings. The van der Waals surface area contributed by atoms with E-state index in [1.165, 1.54) is 0 Å². The van der Waals surface area contributed by atoms with E-state index in [0.717, 1.165) is 61.5 Å². The van der Waals surface area contributed by atoms with Gasteiger partial charge >= 0.3 is 6.03 Å². The molecule has 4 amide bonds. The minimum Gasteiger partial charge on any atom is -0.390 e. The number of carbonyl (C=O) groups is 3. The highest BCUT2D eigenvalue weighted by Crippen LogP contribution is 2.26. The van der Waals surface area contributed by atoms with E-state index in [0.29, 0.717) is 32.4 Å². The van der Waals surface area contributed by atoms with E-state index in [9.17, 15) is 24.6 Å². The lowest BCUT2D eigenvalue weighted by atomic mass is 9.91. The molecule has 4 rings (SSSR count). The molecule has 2 aromatic carbocycles. The van der Waals surface area contributed by atoms with Crippen molar-refractivity contribution < 1.29 is 24.6 Å². The molecule has 0 spiro atoms. The molecule has 4 N–H and O–H groups in total. The largest absolute Gasteiger partial charge is 0.390 e. The van der Waals surface area contributed by atoms with Crippen LogP contribution in [-0.4, -0.2) is 112 Å². The summed E-state index contributed by atoms with van der Waals surface area (Å²) < 4.78 is 0. The number of carbonyl (C=O) groups excluding carboxylic acids is 3. The van der Waals surface area contributed by atoms with Gasteiger partial charge in [-0.3, -0.25) is 9.59 Å². The third-order valence-electron chi connectivity index (χ3n) is 10.7. The van der Waals surface area contributed by atoms with Gasteiger partial charge in [0.2, 0.25) is 11.8 Å². The molecule has 6 atom stereocenters. The average molecular weight is 680 g/mol. The molecular weight excluding hydrogens is 618 g/mol. The van der Waals surface area contributed by atoms with Crippen molar-refractivity contribution in [3.05, 3.63) is 48.0 Å². The summed E-state index contributed by atoms with van der Waals surface area (Å²) in [5, 5.41) is 30.6. The maximum atomic E-state index is 14.1. The Kier molecular flexibility index (Phi) is 14.3. The second-order valence-electron chi connectivity index (χ2n) is 15.0. The summed E-state index contributed by atoms with van der Waals surface area (Å²) in [6, 6.07) is 11.5. The van der Waals surface area contributed by atoms with E-state index < -0.39 is 36.2 Å². The molecule has 2 aromatic rings. The van der Waals surface area contributed by atoms with Crippen molar-refractivity contribution in [2.24, 2.45) is 11.8 Å². The lowest BCUT2D eigenvalue weighted by molar-refractivity contribution is -0.134. The van der Waals surface area contributed by atoms with Crippen LogP contribution in [-0.2, 0) is 16.0 Å². The van der Waals surface area contributed by atoms with Crippen molar-refractivity contribution >= 4 is 28.6 Å². The molecule has 1 saturated carbocycles. The standard InChI is InChI=1S/C39H61N5O5/c1-7-27(4)35(41-37(47)28(5)44(32-15-9-8-10-16-32)39(49)43-21-19-42(6)20-22-43)38(48)40-33(36(46)34(45)23-26(2)3)25-29-17-18-30-13-11-12-14-31(30)24-29/h11-14,17-18,24,26-28,32-36,45-46H,7-10,15-16,19-23,25H2,1-6H3,(H,40,48)(H,41,47)/t27-,28-,33-,34-,35-,36+/m0/s1. The number of nitrogens with one attached hydrogen (secondary N) is 2. The molecule has 1 aliphatic heterocycles. The van der Waals surface area contributed by atoms with Crippen LogP contribution in [0.4, 0.5) is 4.79 Å². The molecule has 272 valence electrons. The minimum absolute atomic E-state index is 0.0264. The normalized spacial score (nSPS) is 19.9. The summed E-state index contributed by atoms with van der Waals surface area (Å²) in [5.74, 6) is -0.839. The van der Waals surface area contributed by atoms with Gasteiger partial charge in [-0.1, -0.05) is 95.8 Å². The third kappa shape index (κ3) is 10.4. The maximum absolute atomic E-state index is 14.1. The zero-order valence-corrected chi connectivity index (χ0v) is 30.6. The number of likely N-dealkylation sites (N-methyl/N-ethyl adjacent to an activating group) is 1.